The number of aromatic nitrogens is 2. The average molecular weight is 216 g/mol. The van der Waals surface area contributed by atoms with E-state index in [1.807, 2.05) is 24.3 Å². The van der Waals surface area contributed by atoms with Crippen molar-refractivity contribution < 1.29 is 4.79 Å². The van der Waals surface area contributed by atoms with Crippen molar-refractivity contribution >= 4 is 23.2 Å². The second kappa shape index (κ2) is 4.48. The maximum atomic E-state index is 10.8. The van der Waals surface area contributed by atoms with Crippen LogP contribution in [0.1, 0.15) is 6.92 Å². The summed E-state index contributed by atoms with van der Waals surface area (Å²) in [7, 11) is 0. The fourth-order valence-electron chi connectivity index (χ4n) is 1.31. The first kappa shape index (κ1) is 10.2. The minimum Gasteiger partial charge on any atom is -0.331 e. The zero-order chi connectivity index (χ0) is 11.4. The maximum absolute atomic E-state index is 10.8. The van der Waals surface area contributed by atoms with E-state index in [1.54, 1.807) is 12.4 Å². The molecule has 0 saturated heterocycles. The Morgan fingerprint density at radius 3 is 2.50 bits per heavy atom. The quantitative estimate of drug-likeness (QED) is 0.736. The summed E-state index contributed by atoms with van der Waals surface area (Å²) in [5.41, 5.74) is 1.68. The Balaban J connectivity index is 2.05. The topological polar surface area (TPSA) is 69.8 Å². The molecule has 2 rings (SSSR count). The summed E-state index contributed by atoms with van der Waals surface area (Å²) in [6.07, 6.45) is 3.42. The van der Waals surface area contributed by atoms with Gasteiger partial charge in [-0.05, 0) is 24.3 Å². The Labute approximate surface area is 92.9 Å². The Morgan fingerprint density at radius 2 is 1.94 bits per heavy atom. The van der Waals surface area contributed by atoms with Crippen LogP contribution in [0, 0.1) is 0 Å². The first-order valence-corrected chi connectivity index (χ1v) is 4.88. The molecule has 1 heterocycles. The van der Waals surface area contributed by atoms with Crippen molar-refractivity contribution in [3.8, 4) is 0 Å². The van der Waals surface area contributed by atoms with E-state index >= 15 is 0 Å². The van der Waals surface area contributed by atoms with Gasteiger partial charge in [0, 0.05) is 30.7 Å². The molecule has 0 bridgehead atoms. The van der Waals surface area contributed by atoms with Crippen molar-refractivity contribution in [2.45, 2.75) is 6.92 Å². The highest BCUT2D eigenvalue weighted by molar-refractivity contribution is 5.88. The summed E-state index contributed by atoms with van der Waals surface area (Å²) in [5, 5.41) is 5.79. The summed E-state index contributed by atoms with van der Waals surface area (Å²) in [4.78, 5) is 17.8. The molecule has 0 radical (unpaired) electrons. The Kier molecular flexibility index (Phi) is 2.86. The number of H-pyrrole nitrogens is 1. The predicted molar refractivity (Wildman–Crippen MR) is 62.6 cm³/mol. The molecular weight excluding hydrogens is 204 g/mol. The van der Waals surface area contributed by atoms with Gasteiger partial charge in [0.15, 0.2) is 0 Å². The number of hydrogen-bond donors (Lipinski definition) is 3. The molecule has 0 spiro atoms. The van der Waals surface area contributed by atoms with E-state index in [1.165, 1.54) is 6.92 Å². The molecule has 0 aliphatic carbocycles. The monoisotopic (exact) mass is 216 g/mol. The van der Waals surface area contributed by atoms with E-state index in [0.717, 1.165) is 11.4 Å². The third-order valence-corrected chi connectivity index (χ3v) is 1.97. The number of carbonyl (C=O) groups is 1. The van der Waals surface area contributed by atoms with Crippen molar-refractivity contribution in [1.29, 1.82) is 0 Å². The molecule has 0 saturated carbocycles. The molecule has 5 nitrogen and oxygen atoms in total. The van der Waals surface area contributed by atoms with Crippen molar-refractivity contribution in [1.82, 2.24) is 9.97 Å². The third kappa shape index (κ3) is 2.60. The molecule has 0 fully saturated rings. The van der Waals surface area contributed by atoms with Gasteiger partial charge in [-0.15, -0.1) is 0 Å². The molecule has 0 aliphatic heterocycles. The summed E-state index contributed by atoms with van der Waals surface area (Å²) in [6.45, 7) is 1.48. The van der Waals surface area contributed by atoms with Crippen LogP contribution in [0.2, 0.25) is 0 Å². The predicted octanol–water partition coefficient (Wildman–Crippen LogP) is 2.11. The summed E-state index contributed by atoms with van der Waals surface area (Å²) in [5.74, 6) is 0.610. The van der Waals surface area contributed by atoms with Crippen LogP contribution in [0.3, 0.4) is 0 Å². The maximum Gasteiger partial charge on any atom is 0.221 e. The smallest absolute Gasteiger partial charge is 0.221 e. The van der Waals surface area contributed by atoms with Gasteiger partial charge in [-0.1, -0.05) is 0 Å². The Hall–Kier alpha value is -2.30. The van der Waals surface area contributed by atoms with E-state index in [4.69, 9.17) is 0 Å². The number of nitrogens with zero attached hydrogens (tertiary/aromatic N) is 1. The molecule has 3 N–H and O–H groups in total. The third-order valence-electron chi connectivity index (χ3n) is 1.97. The number of aromatic amines is 1. The van der Waals surface area contributed by atoms with Crippen LogP contribution in [0.4, 0.5) is 17.3 Å². The molecule has 1 aromatic carbocycles. The molecule has 2 aromatic rings. The van der Waals surface area contributed by atoms with Crippen molar-refractivity contribution in [3.05, 3.63) is 36.7 Å². The van der Waals surface area contributed by atoms with Gasteiger partial charge in [-0.25, -0.2) is 4.98 Å². The van der Waals surface area contributed by atoms with Crippen LogP contribution >= 0.6 is 0 Å². The van der Waals surface area contributed by atoms with Crippen LogP contribution in [-0.2, 0) is 4.79 Å². The highest BCUT2D eigenvalue weighted by Gasteiger charge is 1.97. The lowest BCUT2D eigenvalue weighted by molar-refractivity contribution is -0.114. The number of carbonyl (C=O) groups excluding carboxylic acids is 1. The van der Waals surface area contributed by atoms with Gasteiger partial charge in [0.1, 0.15) is 0 Å². The summed E-state index contributed by atoms with van der Waals surface area (Å²) < 4.78 is 0. The van der Waals surface area contributed by atoms with Crippen LogP contribution in [0.5, 0.6) is 0 Å². The minimum absolute atomic E-state index is 0.0771. The highest BCUT2D eigenvalue weighted by atomic mass is 16.1. The number of benzene rings is 1. The number of imidazole rings is 1. The SMILES string of the molecule is CC(=O)Nc1ccc(Nc2ncc[nH]2)cc1. The van der Waals surface area contributed by atoms with E-state index in [-0.39, 0.29) is 5.91 Å². The van der Waals surface area contributed by atoms with Crippen LogP contribution in [-0.4, -0.2) is 15.9 Å². The van der Waals surface area contributed by atoms with Crippen molar-refractivity contribution in [2.24, 2.45) is 0 Å². The lowest BCUT2D eigenvalue weighted by atomic mass is 10.3. The average Bonchev–Trinajstić information content (AvgIpc) is 2.73. The van der Waals surface area contributed by atoms with Crippen molar-refractivity contribution in [3.63, 3.8) is 0 Å². The molecule has 0 unspecified atom stereocenters. The molecule has 1 amide bonds. The fraction of sp³-hybridized carbons (Fsp3) is 0.0909. The number of anilines is 3. The molecule has 82 valence electrons. The Morgan fingerprint density at radius 1 is 1.25 bits per heavy atom. The van der Waals surface area contributed by atoms with E-state index in [9.17, 15) is 4.79 Å². The van der Waals surface area contributed by atoms with E-state index in [0.29, 0.717) is 5.95 Å². The van der Waals surface area contributed by atoms with Gasteiger partial charge in [-0.2, -0.15) is 0 Å². The second-order valence-corrected chi connectivity index (χ2v) is 3.32. The van der Waals surface area contributed by atoms with Crippen LogP contribution in [0.25, 0.3) is 0 Å². The molecular formula is C11H12N4O. The van der Waals surface area contributed by atoms with Gasteiger partial charge in [0.25, 0.3) is 0 Å². The Bertz CT molecular complexity index is 461. The normalized spacial score (nSPS) is 9.81. The second-order valence-electron chi connectivity index (χ2n) is 3.32. The molecule has 1 aromatic heterocycles. The lowest BCUT2D eigenvalue weighted by Crippen LogP contribution is -2.05. The first-order chi connectivity index (χ1) is 7.74. The van der Waals surface area contributed by atoms with Gasteiger partial charge >= 0.3 is 0 Å². The molecule has 16 heavy (non-hydrogen) atoms. The molecule has 5 heteroatoms. The van der Waals surface area contributed by atoms with Crippen LogP contribution < -0.4 is 10.6 Å². The molecule has 0 atom stereocenters. The lowest BCUT2D eigenvalue weighted by Gasteiger charge is -2.05. The van der Waals surface area contributed by atoms with E-state index in [2.05, 4.69) is 20.6 Å². The number of nitrogens with one attached hydrogen (secondary N) is 3. The van der Waals surface area contributed by atoms with E-state index < -0.39 is 0 Å². The standard InChI is InChI=1S/C11H12N4O/c1-8(16)14-9-2-4-10(5-3-9)15-11-12-6-7-13-11/h2-7H,1H3,(H,14,16)(H2,12,13,15). The van der Waals surface area contributed by atoms with Gasteiger partial charge in [-0.3, -0.25) is 4.79 Å². The number of rotatable bonds is 3. The number of amides is 1. The largest absolute Gasteiger partial charge is 0.331 e. The van der Waals surface area contributed by atoms with Gasteiger partial charge in [0.05, 0.1) is 0 Å². The number of hydrogen-bond acceptors (Lipinski definition) is 3. The zero-order valence-electron chi connectivity index (χ0n) is 8.82. The fourth-order valence-corrected chi connectivity index (χ4v) is 1.31. The van der Waals surface area contributed by atoms with Gasteiger partial charge < -0.3 is 15.6 Å². The zero-order valence-corrected chi connectivity index (χ0v) is 8.82. The first-order valence-electron chi connectivity index (χ1n) is 4.88. The molecule has 0 aliphatic rings. The van der Waals surface area contributed by atoms with Gasteiger partial charge in [0.2, 0.25) is 11.9 Å². The van der Waals surface area contributed by atoms with Crippen LogP contribution in [0.15, 0.2) is 36.7 Å². The summed E-state index contributed by atoms with van der Waals surface area (Å²) >= 11 is 0. The summed E-state index contributed by atoms with van der Waals surface area (Å²) in [6, 6.07) is 7.39. The van der Waals surface area contributed by atoms with Crippen molar-refractivity contribution in [2.75, 3.05) is 10.6 Å². The minimum atomic E-state index is -0.0771. The highest BCUT2D eigenvalue weighted by Crippen LogP contribution is 2.16.